The number of hydrogen-bond donors (Lipinski definition) is 1. The number of rotatable bonds is 6. The molecule has 2 heterocycles. The first-order valence-electron chi connectivity index (χ1n) is 6.34. The summed E-state index contributed by atoms with van der Waals surface area (Å²) in [5, 5.41) is 3.37. The van der Waals surface area contributed by atoms with E-state index in [0.717, 1.165) is 25.0 Å². The molecule has 3 nitrogen and oxygen atoms in total. The predicted octanol–water partition coefficient (Wildman–Crippen LogP) is 2.24. The summed E-state index contributed by atoms with van der Waals surface area (Å²) in [5.74, 6) is 0. The lowest BCUT2D eigenvalue weighted by atomic mass is 10.0. The molecule has 0 aliphatic heterocycles. The molecule has 1 unspecified atom stereocenters. The first-order chi connectivity index (χ1) is 8.88. The highest BCUT2D eigenvalue weighted by atomic mass is 14.9. The molecule has 2 aromatic heterocycles. The smallest absolute Gasteiger partial charge is 0.0404 e. The van der Waals surface area contributed by atoms with Crippen molar-refractivity contribution in [3.63, 3.8) is 0 Å². The third-order valence-electron chi connectivity index (χ3n) is 3.11. The van der Waals surface area contributed by atoms with Crippen LogP contribution in [0.15, 0.2) is 48.9 Å². The molecule has 0 fully saturated rings. The van der Waals surface area contributed by atoms with Crippen LogP contribution in [0, 0.1) is 0 Å². The van der Waals surface area contributed by atoms with E-state index in [4.69, 9.17) is 0 Å². The molecule has 0 radical (unpaired) electrons. The predicted molar refractivity (Wildman–Crippen MR) is 73.3 cm³/mol. The highest BCUT2D eigenvalue weighted by molar-refractivity contribution is 5.11. The monoisotopic (exact) mass is 241 g/mol. The molecule has 0 aromatic carbocycles. The topological polar surface area (TPSA) is 37.8 Å². The van der Waals surface area contributed by atoms with Crippen LogP contribution in [0.1, 0.15) is 17.7 Å². The minimum Gasteiger partial charge on any atom is -0.317 e. The number of nitrogens with one attached hydrogen (secondary N) is 1. The van der Waals surface area contributed by atoms with Gasteiger partial charge in [0.05, 0.1) is 0 Å². The third kappa shape index (κ3) is 3.93. The van der Waals surface area contributed by atoms with Gasteiger partial charge in [0.2, 0.25) is 0 Å². The fourth-order valence-electron chi connectivity index (χ4n) is 2.02. The van der Waals surface area contributed by atoms with Crippen molar-refractivity contribution >= 4 is 0 Å². The van der Waals surface area contributed by atoms with Crippen LogP contribution in [-0.4, -0.2) is 23.1 Å². The van der Waals surface area contributed by atoms with Gasteiger partial charge >= 0.3 is 0 Å². The zero-order chi connectivity index (χ0) is 12.6. The van der Waals surface area contributed by atoms with Gasteiger partial charge < -0.3 is 5.32 Å². The Balaban J connectivity index is 1.86. The van der Waals surface area contributed by atoms with E-state index in [2.05, 4.69) is 33.5 Å². The largest absolute Gasteiger partial charge is 0.317 e. The number of aryl methyl sites for hydroxylation is 1. The van der Waals surface area contributed by atoms with E-state index in [1.807, 2.05) is 37.8 Å². The van der Waals surface area contributed by atoms with Crippen LogP contribution in [0.4, 0.5) is 0 Å². The van der Waals surface area contributed by atoms with Crippen molar-refractivity contribution in [1.82, 2.24) is 15.3 Å². The molecule has 0 aliphatic rings. The molecule has 0 bridgehead atoms. The Kier molecular flexibility index (Phi) is 4.85. The maximum absolute atomic E-state index is 4.35. The van der Waals surface area contributed by atoms with Crippen molar-refractivity contribution in [2.45, 2.75) is 25.3 Å². The zero-order valence-corrected chi connectivity index (χ0v) is 10.7. The number of likely N-dealkylation sites (N-methyl/N-ethyl adjacent to an activating group) is 1. The number of hydrogen-bond acceptors (Lipinski definition) is 3. The molecule has 0 spiro atoms. The first-order valence-corrected chi connectivity index (χ1v) is 6.34. The summed E-state index contributed by atoms with van der Waals surface area (Å²) < 4.78 is 0. The van der Waals surface area contributed by atoms with Gasteiger partial charge in [-0.1, -0.05) is 6.07 Å². The van der Waals surface area contributed by atoms with Gasteiger partial charge in [0.1, 0.15) is 0 Å². The van der Waals surface area contributed by atoms with Crippen LogP contribution in [0.5, 0.6) is 0 Å². The molecule has 1 atom stereocenters. The first kappa shape index (κ1) is 12.7. The fourth-order valence-corrected chi connectivity index (χ4v) is 2.02. The van der Waals surface area contributed by atoms with Crippen LogP contribution in [-0.2, 0) is 12.8 Å². The van der Waals surface area contributed by atoms with E-state index < -0.39 is 0 Å². The molecular weight excluding hydrogens is 222 g/mol. The molecule has 0 aliphatic carbocycles. The van der Waals surface area contributed by atoms with E-state index >= 15 is 0 Å². The Morgan fingerprint density at radius 2 is 1.94 bits per heavy atom. The fraction of sp³-hybridized carbons (Fsp3) is 0.333. The summed E-state index contributed by atoms with van der Waals surface area (Å²) in [5.41, 5.74) is 2.48. The highest BCUT2D eigenvalue weighted by Gasteiger charge is 2.07. The van der Waals surface area contributed by atoms with Gasteiger partial charge in [-0.15, -0.1) is 0 Å². The molecule has 2 aromatic rings. The van der Waals surface area contributed by atoms with E-state index in [-0.39, 0.29) is 0 Å². The van der Waals surface area contributed by atoms with Crippen molar-refractivity contribution in [2.24, 2.45) is 0 Å². The Labute approximate surface area is 108 Å². The van der Waals surface area contributed by atoms with Crippen LogP contribution in [0.25, 0.3) is 0 Å². The maximum atomic E-state index is 4.35. The standard InChI is InChI=1S/C15H19N3/c1-16-15(12-13-7-10-17-11-8-13)6-5-14-4-2-3-9-18-14/h2-4,7-11,15-16H,5-6,12H2,1H3. The van der Waals surface area contributed by atoms with Gasteiger partial charge in [-0.05, 0) is 56.1 Å². The van der Waals surface area contributed by atoms with Crippen molar-refractivity contribution in [1.29, 1.82) is 0 Å². The van der Waals surface area contributed by atoms with Crippen molar-refractivity contribution in [3.8, 4) is 0 Å². The normalized spacial score (nSPS) is 12.3. The lowest BCUT2D eigenvalue weighted by Crippen LogP contribution is -2.28. The molecule has 18 heavy (non-hydrogen) atoms. The minimum absolute atomic E-state index is 0.481. The zero-order valence-electron chi connectivity index (χ0n) is 10.7. The van der Waals surface area contributed by atoms with Crippen LogP contribution in [0.3, 0.4) is 0 Å². The SMILES string of the molecule is CNC(CCc1ccccn1)Cc1ccncc1. The molecule has 3 heteroatoms. The van der Waals surface area contributed by atoms with Gasteiger partial charge in [0, 0.05) is 30.3 Å². The van der Waals surface area contributed by atoms with E-state index in [9.17, 15) is 0 Å². The van der Waals surface area contributed by atoms with E-state index in [0.29, 0.717) is 6.04 Å². The summed E-state index contributed by atoms with van der Waals surface area (Å²) in [6.07, 6.45) is 8.69. The van der Waals surface area contributed by atoms with Crippen LogP contribution >= 0.6 is 0 Å². The van der Waals surface area contributed by atoms with Crippen LogP contribution in [0.2, 0.25) is 0 Å². The Morgan fingerprint density at radius 1 is 1.11 bits per heavy atom. The van der Waals surface area contributed by atoms with Crippen molar-refractivity contribution in [3.05, 3.63) is 60.2 Å². The Bertz CT molecular complexity index is 442. The second kappa shape index (κ2) is 6.87. The van der Waals surface area contributed by atoms with E-state index in [1.54, 1.807) is 0 Å². The molecule has 1 N–H and O–H groups in total. The minimum atomic E-state index is 0.481. The molecule has 0 saturated carbocycles. The van der Waals surface area contributed by atoms with E-state index in [1.165, 1.54) is 5.56 Å². The van der Waals surface area contributed by atoms with Crippen LogP contribution < -0.4 is 5.32 Å². The summed E-state index contributed by atoms with van der Waals surface area (Å²) in [7, 11) is 2.02. The number of nitrogens with zero attached hydrogens (tertiary/aromatic N) is 2. The van der Waals surface area contributed by atoms with Gasteiger partial charge in [-0.25, -0.2) is 0 Å². The molecule has 0 saturated heterocycles. The van der Waals surface area contributed by atoms with Gasteiger partial charge in [-0.2, -0.15) is 0 Å². The van der Waals surface area contributed by atoms with Gasteiger partial charge in [0.25, 0.3) is 0 Å². The summed E-state index contributed by atoms with van der Waals surface area (Å²) >= 11 is 0. The second-order valence-corrected chi connectivity index (χ2v) is 4.40. The Hall–Kier alpha value is -1.74. The molecule has 0 amide bonds. The highest BCUT2D eigenvalue weighted by Crippen LogP contribution is 2.07. The maximum Gasteiger partial charge on any atom is 0.0404 e. The summed E-state index contributed by atoms with van der Waals surface area (Å²) in [4.78, 5) is 8.40. The summed E-state index contributed by atoms with van der Waals surface area (Å²) in [6, 6.07) is 10.7. The lowest BCUT2D eigenvalue weighted by molar-refractivity contribution is 0.517. The van der Waals surface area contributed by atoms with Gasteiger partial charge in [-0.3, -0.25) is 9.97 Å². The van der Waals surface area contributed by atoms with Gasteiger partial charge in [0.15, 0.2) is 0 Å². The number of aromatic nitrogens is 2. The quantitative estimate of drug-likeness (QED) is 0.843. The lowest BCUT2D eigenvalue weighted by Gasteiger charge is -2.15. The van der Waals surface area contributed by atoms with Crippen molar-refractivity contribution < 1.29 is 0 Å². The third-order valence-corrected chi connectivity index (χ3v) is 3.11. The molecular formula is C15H19N3. The average Bonchev–Trinajstić information content (AvgIpc) is 2.45. The Morgan fingerprint density at radius 3 is 2.61 bits per heavy atom. The average molecular weight is 241 g/mol. The summed E-state index contributed by atoms with van der Waals surface area (Å²) in [6.45, 7) is 0. The van der Waals surface area contributed by atoms with Crippen molar-refractivity contribution in [2.75, 3.05) is 7.05 Å². The number of pyridine rings is 2. The second-order valence-electron chi connectivity index (χ2n) is 4.40. The molecule has 94 valence electrons. The molecule has 2 rings (SSSR count).